The first-order valence-electron chi connectivity index (χ1n) is 19.6. The van der Waals surface area contributed by atoms with Crippen molar-refractivity contribution in [2.75, 3.05) is 52.4 Å². The number of likely N-dealkylation sites (tertiary alicyclic amines) is 4. The molecule has 0 unspecified atom stereocenters. The van der Waals surface area contributed by atoms with E-state index in [1.165, 1.54) is 77.8 Å². The third-order valence-corrected chi connectivity index (χ3v) is 10.4. The highest BCUT2D eigenvalue weighted by atomic mass is 16.6. The minimum absolute atomic E-state index is 0.264. The summed E-state index contributed by atoms with van der Waals surface area (Å²) >= 11 is 0. The molecular formula is C39H82N6O2. The zero-order valence-electron chi connectivity index (χ0n) is 33.6. The van der Waals surface area contributed by atoms with Crippen LogP contribution >= 0.6 is 0 Å². The lowest BCUT2D eigenvalue weighted by molar-refractivity contribution is 0.0472. The van der Waals surface area contributed by atoms with Crippen molar-refractivity contribution in [3.8, 4) is 0 Å². The quantitative estimate of drug-likeness (QED) is 0.316. The Morgan fingerprint density at radius 3 is 1.13 bits per heavy atom. The van der Waals surface area contributed by atoms with Gasteiger partial charge in [0.05, 0.1) is 0 Å². The molecule has 4 fully saturated rings. The van der Waals surface area contributed by atoms with E-state index >= 15 is 0 Å². The molecule has 0 bridgehead atoms. The average Bonchev–Trinajstić information content (AvgIpc) is 2.98. The molecule has 0 atom stereocenters. The van der Waals surface area contributed by atoms with Gasteiger partial charge in [-0.3, -0.25) is 0 Å². The predicted octanol–water partition coefficient (Wildman–Crippen LogP) is 7.46. The van der Waals surface area contributed by atoms with Crippen LogP contribution in [0.3, 0.4) is 0 Å². The number of alkyl carbamates (subject to hydrolysis) is 1. The molecule has 8 nitrogen and oxygen atoms in total. The molecule has 4 aliphatic rings. The van der Waals surface area contributed by atoms with Gasteiger partial charge >= 0.3 is 6.09 Å². The second-order valence-electron chi connectivity index (χ2n) is 17.1. The Labute approximate surface area is 293 Å². The fraction of sp³-hybridized carbons (Fsp3) is 0.974. The van der Waals surface area contributed by atoms with Crippen molar-refractivity contribution in [3.63, 3.8) is 0 Å². The maximum Gasteiger partial charge on any atom is 0.407 e. The first-order chi connectivity index (χ1) is 21.9. The van der Waals surface area contributed by atoms with E-state index < -0.39 is 5.60 Å². The second kappa shape index (κ2) is 22.7. The number of piperidine rings is 4. The minimum atomic E-state index is -0.414. The largest absolute Gasteiger partial charge is 0.444 e. The Hall–Kier alpha value is -0.930. The maximum atomic E-state index is 11.6. The van der Waals surface area contributed by atoms with E-state index in [9.17, 15) is 4.79 Å². The van der Waals surface area contributed by atoms with Crippen molar-refractivity contribution in [2.45, 2.75) is 183 Å². The zero-order valence-corrected chi connectivity index (χ0v) is 33.6. The molecule has 4 saturated heterocycles. The van der Waals surface area contributed by atoms with Crippen LogP contribution in [0.5, 0.6) is 0 Å². The monoisotopic (exact) mass is 667 g/mol. The molecule has 0 radical (unpaired) electrons. The fourth-order valence-electron chi connectivity index (χ4n) is 6.56. The van der Waals surface area contributed by atoms with Crippen LogP contribution in [0.2, 0.25) is 0 Å². The summed E-state index contributed by atoms with van der Waals surface area (Å²) < 4.78 is 5.25. The van der Waals surface area contributed by atoms with E-state index in [0.717, 1.165) is 49.9 Å². The lowest BCUT2D eigenvalue weighted by Crippen LogP contribution is -2.47. The van der Waals surface area contributed by atoms with Gasteiger partial charge in [-0.2, -0.15) is 0 Å². The van der Waals surface area contributed by atoms with Crippen LogP contribution in [0.4, 0.5) is 4.79 Å². The maximum absolute atomic E-state index is 11.6. The summed E-state index contributed by atoms with van der Waals surface area (Å²) in [6, 6.07) is 3.54. The number of carbonyl (C=O) groups is 1. The Balaban J connectivity index is 0.000000324. The first-order valence-corrected chi connectivity index (χ1v) is 19.6. The SMILES string of the molecule is CC(C)N1CCC(N)CC1.CC(C)N1CCC(NC(=O)OC(C)(C)C)CC1.CC1CCN(C(C)C)CC1.CC1CCN(C(C)C)CC1. The van der Waals surface area contributed by atoms with E-state index in [2.05, 4.69) is 94.2 Å². The summed E-state index contributed by atoms with van der Waals surface area (Å²) in [5.41, 5.74) is 5.36. The summed E-state index contributed by atoms with van der Waals surface area (Å²) in [5.74, 6) is 1.94. The van der Waals surface area contributed by atoms with Crippen LogP contribution in [0.25, 0.3) is 0 Å². The van der Waals surface area contributed by atoms with Gasteiger partial charge in [-0.15, -0.1) is 0 Å². The van der Waals surface area contributed by atoms with Crippen LogP contribution in [0, 0.1) is 11.8 Å². The van der Waals surface area contributed by atoms with Gasteiger partial charge in [-0.25, -0.2) is 4.79 Å². The van der Waals surface area contributed by atoms with Crippen molar-refractivity contribution in [1.29, 1.82) is 0 Å². The minimum Gasteiger partial charge on any atom is -0.444 e. The molecule has 1 amide bonds. The zero-order chi connectivity index (χ0) is 35.7. The van der Waals surface area contributed by atoms with Crippen molar-refractivity contribution in [3.05, 3.63) is 0 Å². The molecule has 4 heterocycles. The number of hydrogen-bond donors (Lipinski definition) is 2. The molecule has 4 aliphatic heterocycles. The molecule has 47 heavy (non-hydrogen) atoms. The number of amides is 1. The van der Waals surface area contributed by atoms with Gasteiger partial charge in [0, 0.05) is 49.3 Å². The predicted molar refractivity (Wildman–Crippen MR) is 203 cm³/mol. The number of hydrogen-bond acceptors (Lipinski definition) is 7. The Kier molecular flexibility index (Phi) is 21.3. The number of carbonyl (C=O) groups excluding carboxylic acids is 1. The normalized spacial score (nSPS) is 22.3. The third kappa shape index (κ3) is 20.4. The van der Waals surface area contributed by atoms with Gasteiger partial charge in [0.2, 0.25) is 0 Å². The summed E-state index contributed by atoms with van der Waals surface area (Å²) in [4.78, 5) is 21.7. The highest BCUT2D eigenvalue weighted by Crippen LogP contribution is 2.19. The van der Waals surface area contributed by atoms with Crippen molar-refractivity contribution in [2.24, 2.45) is 17.6 Å². The smallest absolute Gasteiger partial charge is 0.407 e. The van der Waals surface area contributed by atoms with Gasteiger partial charge < -0.3 is 35.4 Å². The van der Waals surface area contributed by atoms with Crippen LogP contribution < -0.4 is 11.1 Å². The van der Waals surface area contributed by atoms with Crippen LogP contribution in [-0.2, 0) is 4.74 Å². The standard InChI is InChI=1S/C13H26N2O2.2C9H19N.C8H18N2/c1-10(2)15-8-6-11(7-9-15)14-12(16)17-13(3,4)5;2*1-8(2)10-6-4-9(3)5-7-10;1-7(2)10-5-3-8(9)4-6-10/h10-11H,6-9H2,1-5H3,(H,14,16);2*8-9H,4-7H2,1-3H3;7-8H,3-6,9H2,1-2H3. The summed E-state index contributed by atoms with van der Waals surface area (Å²) in [6.07, 6.45) is 9.69. The van der Waals surface area contributed by atoms with Crippen LogP contribution in [0.1, 0.15) is 141 Å². The number of nitrogens with one attached hydrogen (secondary N) is 1. The Morgan fingerprint density at radius 2 is 0.851 bits per heavy atom. The molecule has 0 aliphatic carbocycles. The fourth-order valence-corrected chi connectivity index (χ4v) is 6.56. The van der Waals surface area contributed by atoms with Crippen molar-refractivity contribution < 1.29 is 9.53 Å². The molecule has 0 spiro atoms. The summed E-state index contributed by atoms with van der Waals surface area (Å²) in [6.45, 7) is 38.2. The second-order valence-corrected chi connectivity index (χ2v) is 17.1. The first kappa shape index (κ1) is 44.1. The molecule has 4 rings (SSSR count). The molecule has 0 aromatic rings. The van der Waals surface area contributed by atoms with Gasteiger partial charge in [0.25, 0.3) is 0 Å². The van der Waals surface area contributed by atoms with Crippen LogP contribution in [-0.4, -0.2) is 120 Å². The van der Waals surface area contributed by atoms with E-state index in [1.54, 1.807) is 0 Å². The average molecular weight is 667 g/mol. The third-order valence-electron chi connectivity index (χ3n) is 10.4. The number of rotatable bonds is 5. The molecule has 0 aromatic carbocycles. The van der Waals surface area contributed by atoms with Crippen molar-refractivity contribution >= 4 is 6.09 Å². The van der Waals surface area contributed by atoms with E-state index in [-0.39, 0.29) is 12.1 Å². The Bertz CT molecular complexity index is 720. The topological polar surface area (TPSA) is 77.3 Å². The van der Waals surface area contributed by atoms with Gasteiger partial charge in [0.15, 0.2) is 0 Å². The molecule has 0 saturated carbocycles. The number of nitrogens with zero attached hydrogens (tertiary/aromatic N) is 4. The molecule has 3 N–H and O–H groups in total. The van der Waals surface area contributed by atoms with E-state index in [1.807, 2.05) is 20.8 Å². The van der Waals surface area contributed by atoms with Gasteiger partial charge in [0.1, 0.15) is 5.60 Å². The number of nitrogens with two attached hydrogens (primary N) is 1. The van der Waals surface area contributed by atoms with Gasteiger partial charge in [-0.05, 0) is 179 Å². The highest BCUT2D eigenvalue weighted by Gasteiger charge is 2.24. The molecule has 280 valence electrons. The lowest BCUT2D eigenvalue weighted by Gasteiger charge is -2.35. The summed E-state index contributed by atoms with van der Waals surface area (Å²) in [7, 11) is 0. The summed E-state index contributed by atoms with van der Waals surface area (Å²) in [5, 5.41) is 2.95. The van der Waals surface area contributed by atoms with E-state index in [0.29, 0.717) is 18.1 Å². The molecular weight excluding hydrogens is 584 g/mol. The Morgan fingerprint density at radius 1 is 0.574 bits per heavy atom. The molecule has 8 heteroatoms. The van der Waals surface area contributed by atoms with E-state index in [4.69, 9.17) is 10.5 Å². The van der Waals surface area contributed by atoms with Gasteiger partial charge in [-0.1, -0.05) is 13.8 Å². The molecule has 0 aromatic heterocycles. The van der Waals surface area contributed by atoms with Crippen molar-refractivity contribution in [1.82, 2.24) is 24.9 Å². The lowest BCUT2D eigenvalue weighted by atomic mass is 9.98. The highest BCUT2D eigenvalue weighted by molar-refractivity contribution is 5.68. The van der Waals surface area contributed by atoms with Crippen LogP contribution in [0.15, 0.2) is 0 Å². The number of ether oxygens (including phenoxy) is 1.